The van der Waals surface area contributed by atoms with Gasteiger partial charge in [0.05, 0.1) is 12.8 Å². The van der Waals surface area contributed by atoms with Crippen LogP contribution in [0.5, 0.6) is 5.75 Å². The highest BCUT2D eigenvalue weighted by Crippen LogP contribution is 2.27. The molecule has 2 heterocycles. The molecule has 23 heavy (non-hydrogen) atoms. The minimum Gasteiger partial charge on any atom is -0.496 e. The third-order valence-corrected chi connectivity index (χ3v) is 4.50. The van der Waals surface area contributed by atoms with Crippen molar-refractivity contribution in [1.29, 1.82) is 0 Å². The summed E-state index contributed by atoms with van der Waals surface area (Å²) >= 11 is 0. The number of nitrogens with zero attached hydrogens (tertiary/aromatic N) is 3. The largest absolute Gasteiger partial charge is 0.496 e. The summed E-state index contributed by atoms with van der Waals surface area (Å²) in [7, 11) is 3.88. The summed E-state index contributed by atoms with van der Waals surface area (Å²) in [6.45, 7) is 2.15. The van der Waals surface area contributed by atoms with Gasteiger partial charge in [-0.05, 0) is 57.1 Å². The second kappa shape index (κ2) is 7.42. The van der Waals surface area contributed by atoms with E-state index in [0.717, 1.165) is 35.8 Å². The first kappa shape index (κ1) is 15.7. The van der Waals surface area contributed by atoms with E-state index in [-0.39, 0.29) is 0 Å². The molecule has 2 aromatic rings. The third kappa shape index (κ3) is 3.79. The van der Waals surface area contributed by atoms with Gasteiger partial charge in [-0.3, -0.25) is 0 Å². The van der Waals surface area contributed by atoms with Crippen LogP contribution in [-0.4, -0.2) is 48.4 Å². The second-order valence-corrected chi connectivity index (χ2v) is 6.00. The van der Waals surface area contributed by atoms with Crippen molar-refractivity contribution in [3.05, 3.63) is 36.4 Å². The maximum atomic E-state index is 5.37. The van der Waals surface area contributed by atoms with E-state index in [2.05, 4.69) is 27.5 Å². The molecule has 0 bridgehead atoms. The lowest BCUT2D eigenvalue weighted by molar-refractivity contribution is 0.301. The first-order chi connectivity index (χ1) is 11.3. The van der Waals surface area contributed by atoms with E-state index in [9.17, 15) is 0 Å². The summed E-state index contributed by atoms with van der Waals surface area (Å²) in [5.74, 6) is 1.64. The zero-order chi connectivity index (χ0) is 16.1. The highest BCUT2D eigenvalue weighted by molar-refractivity contribution is 5.67. The van der Waals surface area contributed by atoms with Gasteiger partial charge in [-0.25, -0.2) is 0 Å². The number of methoxy groups -OCH3 is 1. The molecule has 1 aromatic heterocycles. The molecule has 1 N–H and O–H groups in total. The molecule has 0 spiro atoms. The van der Waals surface area contributed by atoms with E-state index in [1.807, 2.05) is 36.4 Å². The lowest BCUT2D eigenvalue weighted by Crippen LogP contribution is -2.27. The number of rotatable bonds is 6. The maximum Gasteiger partial charge on any atom is 0.148 e. The van der Waals surface area contributed by atoms with Crippen LogP contribution in [0.4, 0.5) is 5.82 Å². The minimum absolute atomic E-state index is 0.698. The summed E-state index contributed by atoms with van der Waals surface area (Å²) in [4.78, 5) is 2.44. The van der Waals surface area contributed by atoms with E-state index in [1.165, 1.54) is 19.4 Å². The normalized spacial score (nSPS) is 18.1. The first-order valence-corrected chi connectivity index (χ1v) is 8.19. The molecule has 122 valence electrons. The van der Waals surface area contributed by atoms with Crippen molar-refractivity contribution in [3.8, 4) is 17.0 Å². The molecule has 1 aliphatic rings. The monoisotopic (exact) mass is 312 g/mol. The summed E-state index contributed by atoms with van der Waals surface area (Å²) in [5.41, 5.74) is 1.78. The number of para-hydroxylation sites is 1. The van der Waals surface area contributed by atoms with Gasteiger partial charge in [0.1, 0.15) is 11.6 Å². The maximum absolute atomic E-state index is 5.37. The molecule has 1 saturated heterocycles. The Kier molecular flexibility index (Phi) is 5.08. The van der Waals surface area contributed by atoms with Crippen LogP contribution < -0.4 is 10.1 Å². The highest BCUT2D eigenvalue weighted by Gasteiger charge is 2.19. The second-order valence-electron chi connectivity index (χ2n) is 6.00. The van der Waals surface area contributed by atoms with Gasteiger partial charge < -0.3 is 15.0 Å². The van der Waals surface area contributed by atoms with Gasteiger partial charge in [-0.1, -0.05) is 12.1 Å². The quantitative estimate of drug-likeness (QED) is 0.888. The van der Waals surface area contributed by atoms with Gasteiger partial charge in [0.25, 0.3) is 0 Å². The standard InChI is InChI=1S/C18H24N4O/c1-22-13-5-6-14(22)11-12-19-18-10-9-16(20-21-18)15-7-3-4-8-17(15)23-2/h3-4,7-10,14H,5-6,11-13H2,1-2H3,(H,19,21)/t14-/m1/s1. The Morgan fingerprint density at radius 2 is 2.09 bits per heavy atom. The number of ether oxygens (including phenoxy) is 1. The highest BCUT2D eigenvalue weighted by atomic mass is 16.5. The topological polar surface area (TPSA) is 50.3 Å². The van der Waals surface area contributed by atoms with E-state index >= 15 is 0 Å². The summed E-state index contributed by atoms with van der Waals surface area (Å²) in [6, 6.07) is 12.5. The molecule has 1 aromatic carbocycles. The van der Waals surface area contributed by atoms with E-state index < -0.39 is 0 Å². The van der Waals surface area contributed by atoms with Crippen LogP contribution in [0.25, 0.3) is 11.3 Å². The van der Waals surface area contributed by atoms with Crippen molar-refractivity contribution in [2.45, 2.75) is 25.3 Å². The van der Waals surface area contributed by atoms with Crippen molar-refractivity contribution in [1.82, 2.24) is 15.1 Å². The third-order valence-electron chi connectivity index (χ3n) is 4.50. The van der Waals surface area contributed by atoms with Gasteiger partial charge in [0.15, 0.2) is 0 Å². The van der Waals surface area contributed by atoms with Crippen LogP contribution in [0.2, 0.25) is 0 Å². The molecule has 0 aliphatic carbocycles. The Morgan fingerprint density at radius 1 is 1.22 bits per heavy atom. The van der Waals surface area contributed by atoms with Gasteiger partial charge in [-0.2, -0.15) is 0 Å². The number of benzene rings is 1. The number of likely N-dealkylation sites (tertiary alicyclic amines) is 1. The summed E-state index contributed by atoms with van der Waals surface area (Å²) in [6.07, 6.45) is 3.76. The first-order valence-electron chi connectivity index (χ1n) is 8.19. The van der Waals surface area contributed by atoms with Gasteiger partial charge in [-0.15, -0.1) is 10.2 Å². The number of hydrogen-bond acceptors (Lipinski definition) is 5. The SMILES string of the molecule is COc1ccccc1-c1ccc(NCC[C@H]2CCCN2C)nn1. The van der Waals surface area contributed by atoms with E-state index in [4.69, 9.17) is 4.74 Å². The molecule has 5 heteroatoms. The molecule has 0 unspecified atom stereocenters. The average molecular weight is 312 g/mol. The van der Waals surface area contributed by atoms with E-state index in [1.54, 1.807) is 7.11 Å². The molecule has 0 saturated carbocycles. The lowest BCUT2D eigenvalue weighted by atomic mass is 10.1. The van der Waals surface area contributed by atoms with Crippen molar-refractivity contribution in [2.24, 2.45) is 0 Å². The Labute approximate surface area is 137 Å². The van der Waals surface area contributed by atoms with Crippen molar-refractivity contribution < 1.29 is 4.74 Å². The van der Waals surface area contributed by atoms with Crippen LogP contribution in [0.1, 0.15) is 19.3 Å². The summed E-state index contributed by atoms with van der Waals surface area (Å²) in [5, 5.41) is 12.0. The Balaban J connectivity index is 1.59. The Hall–Kier alpha value is -2.14. The molecule has 0 amide bonds. The number of hydrogen-bond donors (Lipinski definition) is 1. The zero-order valence-electron chi connectivity index (χ0n) is 13.8. The van der Waals surface area contributed by atoms with E-state index in [0.29, 0.717) is 6.04 Å². The van der Waals surface area contributed by atoms with Crippen molar-refractivity contribution in [3.63, 3.8) is 0 Å². The Morgan fingerprint density at radius 3 is 2.78 bits per heavy atom. The molecular formula is C18H24N4O. The van der Waals surface area contributed by atoms with Crippen molar-refractivity contribution >= 4 is 5.82 Å². The molecule has 1 fully saturated rings. The van der Waals surface area contributed by atoms with Gasteiger partial charge >= 0.3 is 0 Å². The van der Waals surface area contributed by atoms with Crippen LogP contribution >= 0.6 is 0 Å². The number of anilines is 1. The summed E-state index contributed by atoms with van der Waals surface area (Å²) < 4.78 is 5.37. The fourth-order valence-corrected chi connectivity index (χ4v) is 3.14. The fourth-order valence-electron chi connectivity index (χ4n) is 3.14. The van der Waals surface area contributed by atoms with Gasteiger partial charge in [0.2, 0.25) is 0 Å². The van der Waals surface area contributed by atoms with Crippen LogP contribution in [-0.2, 0) is 0 Å². The molecule has 5 nitrogen and oxygen atoms in total. The fraction of sp³-hybridized carbons (Fsp3) is 0.444. The van der Waals surface area contributed by atoms with Crippen LogP contribution in [0.15, 0.2) is 36.4 Å². The molecular weight excluding hydrogens is 288 g/mol. The van der Waals surface area contributed by atoms with Gasteiger partial charge in [0, 0.05) is 18.2 Å². The average Bonchev–Trinajstić information content (AvgIpc) is 3.01. The molecule has 3 rings (SSSR count). The minimum atomic E-state index is 0.698. The smallest absolute Gasteiger partial charge is 0.148 e. The van der Waals surface area contributed by atoms with Crippen LogP contribution in [0.3, 0.4) is 0 Å². The Bertz CT molecular complexity index is 629. The zero-order valence-corrected chi connectivity index (χ0v) is 13.8. The predicted octanol–water partition coefficient (Wildman–Crippen LogP) is 3.05. The molecule has 0 radical (unpaired) electrons. The van der Waals surface area contributed by atoms with Crippen molar-refractivity contribution in [2.75, 3.05) is 32.6 Å². The molecule has 1 aliphatic heterocycles. The number of nitrogens with one attached hydrogen (secondary N) is 1. The molecule has 1 atom stereocenters. The number of aromatic nitrogens is 2. The predicted molar refractivity (Wildman–Crippen MR) is 92.8 cm³/mol. The van der Waals surface area contributed by atoms with Crippen LogP contribution in [0, 0.1) is 0 Å². The lowest BCUT2D eigenvalue weighted by Gasteiger charge is -2.19.